The van der Waals surface area contributed by atoms with Gasteiger partial charge in [0, 0.05) is 34.5 Å². The van der Waals surface area contributed by atoms with Crippen molar-refractivity contribution in [3.63, 3.8) is 0 Å². The van der Waals surface area contributed by atoms with Crippen LogP contribution in [0.5, 0.6) is 0 Å². The molecule has 2 atom stereocenters. The average Bonchev–Trinajstić information content (AvgIpc) is 3.38. The standard InChI is InChI=1S/C26H23ClN4S/c1-17-13-18(2)15-21(14-17)31-25(24(29-26(31)32)22-9-3-4-11-28-22)23-10-6-12-30(23)20-8-5-7-19(27)16-20/h3-16,24-25H,1-2H3,(H,29,32)/t24-,25+/m1/s1. The fourth-order valence-electron chi connectivity index (χ4n) is 4.52. The van der Waals surface area contributed by atoms with E-state index in [-0.39, 0.29) is 12.1 Å². The average molecular weight is 459 g/mol. The maximum atomic E-state index is 6.31. The van der Waals surface area contributed by atoms with Gasteiger partial charge in [0.15, 0.2) is 5.11 Å². The van der Waals surface area contributed by atoms with Gasteiger partial charge in [0.05, 0.1) is 11.7 Å². The van der Waals surface area contributed by atoms with Crippen molar-refractivity contribution in [2.75, 3.05) is 4.90 Å². The largest absolute Gasteiger partial charge is 0.351 e. The lowest BCUT2D eigenvalue weighted by atomic mass is 10.00. The number of aromatic nitrogens is 2. The first kappa shape index (κ1) is 20.7. The van der Waals surface area contributed by atoms with Gasteiger partial charge in [-0.1, -0.05) is 29.8 Å². The summed E-state index contributed by atoms with van der Waals surface area (Å²) in [6.45, 7) is 4.23. The summed E-state index contributed by atoms with van der Waals surface area (Å²) in [5, 5.41) is 4.93. The number of nitrogens with zero attached hydrogens (tertiary/aromatic N) is 3. The summed E-state index contributed by atoms with van der Waals surface area (Å²) in [5.74, 6) is 0. The van der Waals surface area contributed by atoms with E-state index in [2.05, 4.69) is 76.2 Å². The molecule has 4 nitrogen and oxygen atoms in total. The topological polar surface area (TPSA) is 33.1 Å². The van der Waals surface area contributed by atoms with Crippen molar-refractivity contribution in [2.24, 2.45) is 0 Å². The highest BCUT2D eigenvalue weighted by Gasteiger charge is 2.42. The highest BCUT2D eigenvalue weighted by Crippen LogP contribution is 2.42. The Morgan fingerprint density at radius 2 is 1.72 bits per heavy atom. The zero-order chi connectivity index (χ0) is 22.2. The number of aryl methyl sites for hydroxylation is 2. The normalized spacial score (nSPS) is 18.1. The van der Waals surface area contributed by atoms with Crippen molar-refractivity contribution >= 4 is 34.6 Å². The maximum Gasteiger partial charge on any atom is 0.174 e. The number of anilines is 1. The summed E-state index contributed by atoms with van der Waals surface area (Å²) in [6, 6.07) is 24.4. The Bertz CT molecular complexity index is 1260. The summed E-state index contributed by atoms with van der Waals surface area (Å²) in [7, 11) is 0. The number of pyridine rings is 1. The van der Waals surface area contributed by atoms with Crippen LogP contribution in [0.2, 0.25) is 5.02 Å². The van der Waals surface area contributed by atoms with Crippen molar-refractivity contribution in [1.29, 1.82) is 0 Å². The summed E-state index contributed by atoms with van der Waals surface area (Å²) < 4.78 is 2.18. The molecule has 32 heavy (non-hydrogen) atoms. The summed E-state index contributed by atoms with van der Waals surface area (Å²) >= 11 is 12.2. The van der Waals surface area contributed by atoms with Crippen LogP contribution in [0, 0.1) is 13.8 Å². The Kier molecular flexibility index (Phi) is 5.45. The van der Waals surface area contributed by atoms with E-state index in [1.165, 1.54) is 11.1 Å². The lowest BCUT2D eigenvalue weighted by Crippen LogP contribution is -2.30. The van der Waals surface area contributed by atoms with Crippen LogP contribution in [0.4, 0.5) is 5.69 Å². The van der Waals surface area contributed by atoms with Gasteiger partial charge in [0.25, 0.3) is 0 Å². The molecule has 0 amide bonds. The number of benzene rings is 2. The Labute approximate surface area is 198 Å². The van der Waals surface area contributed by atoms with Crippen LogP contribution in [-0.2, 0) is 0 Å². The van der Waals surface area contributed by atoms with E-state index in [0.29, 0.717) is 10.1 Å². The van der Waals surface area contributed by atoms with Gasteiger partial charge in [-0.25, -0.2) is 0 Å². The number of hydrogen-bond acceptors (Lipinski definition) is 2. The van der Waals surface area contributed by atoms with Crippen LogP contribution in [0.15, 0.2) is 85.2 Å². The predicted octanol–water partition coefficient (Wildman–Crippen LogP) is 6.32. The zero-order valence-electron chi connectivity index (χ0n) is 17.9. The molecule has 4 aromatic rings. The van der Waals surface area contributed by atoms with Crippen molar-refractivity contribution in [3.05, 3.63) is 113 Å². The molecule has 3 heterocycles. The second kappa shape index (κ2) is 8.41. The lowest BCUT2D eigenvalue weighted by molar-refractivity contribution is 0.549. The van der Waals surface area contributed by atoms with Crippen molar-refractivity contribution in [3.8, 4) is 5.69 Å². The van der Waals surface area contributed by atoms with Gasteiger partial charge in [0.2, 0.25) is 0 Å². The van der Waals surface area contributed by atoms with E-state index >= 15 is 0 Å². The molecule has 1 aliphatic heterocycles. The van der Waals surface area contributed by atoms with Gasteiger partial charge in [-0.05, 0) is 91.8 Å². The number of hydrogen-bond donors (Lipinski definition) is 1. The number of thiocarbonyl (C=S) groups is 1. The smallest absolute Gasteiger partial charge is 0.174 e. The van der Waals surface area contributed by atoms with Gasteiger partial charge in [-0.2, -0.15) is 0 Å². The molecule has 0 spiro atoms. The van der Waals surface area contributed by atoms with E-state index < -0.39 is 0 Å². The van der Waals surface area contributed by atoms with E-state index in [1.54, 1.807) is 0 Å². The summed E-state index contributed by atoms with van der Waals surface area (Å²) in [4.78, 5) is 6.87. The summed E-state index contributed by atoms with van der Waals surface area (Å²) in [6.07, 6.45) is 3.89. The highest BCUT2D eigenvalue weighted by molar-refractivity contribution is 7.80. The van der Waals surface area contributed by atoms with Crippen LogP contribution < -0.4 is 10.2 Å². The van der Waals surface area contributed by atoms with Gasteiger partial charge in [-0.3, -0.25) is 4.98 Å². The first-order valence-corrected chi connectivity index (χ1v) is 11.3. The molecule has 0 bridgehead atoms. The molecule has 1 saturated heterocycles. The van der Waals surface area contributed by atoms with Gasteiger partial charge in [0.1, 0.15) is 6.04 Å². The molecule has 160 valence electrons. The Balaban J connectivity index is 1.69. The molecular formula is C26H23ClN4S. The van der Waals surface area contributed by atoms with Gasteiger partial charge in [-0.15, -0.1) is 0 Å². The molecule has 6 heteroatoms. The molecule has 0 saturated carbocycles. The molecule has 1 N–H and O–H groups in total. The first-order chi connectivity index (χ1) is 15.5. The van der Waals surface area contributed by atoms with Crippen LogP contribution in [0.1, 0.15) is 34.6 Å². The molecule has 2 aromatic heterocycles. The van der Waals surface area contributed by atoms with Crippen LogP contribution in [0.25, 0.3) is 5.69 Å². The van der Waals surface area contributed by atoms with Gasteiger partial charge < -0.3 is 14.8 Å². The number of halogens is 1. The summed E-state index contributed by atoms with van der Waals surface area (Å²) in [5.41, 5.74) is 6.54. The third-order valence-electron chi connectivity index (χ3n) is 5.75. The molecule has 5 rings (SSSR count). The Hall–Kier alpha value is -3.15. The van der Waals surface area contributed by atoms with E-state index in [9.17, 15) is 0 Å². The monoisotopic (exact) mass is 458 g/mol. The molecule has 1 fully saturated rings. The van der Waals surface area contributed by atoms with E-state index in [4.69, 9.17) is 23.8 Å². The SMILES string of the molecule is Cc1cc(C)cc(N2C(=S)N[C@H](c3ccccn3)[C@@H]2c2cccn2-c2cccc(Cl)c2)c1. The third kappa shape index (κ3) is 3.78. The molecular weight excluding hydrogens is 436 g/mol. The minimum atomic E-state index is -0.0997. The molecule has 0 unspecified atom stereocenters. The fraction of sp³-hybridized carbons (Fsp3) is 0.154. The van der Waals surface area contributed by atoms with Crippen LogP contribution >= 0.6 is 23.8 Å². The van der Waals surface area contributed by atoms with E-state index in [0.717, 1.165) is 22.8 Å². The minimum Gasteiger partial charge on any atom is -0.351 e. The first-order valence-electron chi connectivity index (χ1n) is 10.5. The number of rotatable bonds is 4. The minimum absolute atomic E-state index is 0.0902. The van der Waals surface area contributed by atoms with Crippen molar-refractivity contribution in [2.45, 2.75) is 25.9 Å². The maximum absolute atomic E-state index is 6.31. The quantitative estimate of drug-likeness (QED) is 0.363. The second-order valence-corrected chi connectivity index (χ2v) is 8.95. The van der Waals surface area contributed by atoms with Crippen LogP contribution in [-0.4, -0.2) is 14.7 Å². The van der Waals surface area contributed by atoms with Gasteiger partial charge >= 0.3 is 0 Å². The second-order valence-electron chi connectivity index (χ2n) is 8.13. The zero-order valence-corrected chi connectivity index (χ0v) is 19.4. The van der Waals surface area contributed by atoms with E-state index in [1.807, 2.05) is 42.6 Å². The number of nitrogens with one attached hydrogen (secondary N) is 1. The molecule has 2 aromatic carbocycles. The molecule has 0 aliphatic carbocycles. The fourth-order valence-corrected chi connectivity index (χ4v) is 5.05. The Morgan fingerprint density at radius 1 is 0.906 bits per heavy atom. The highest BCUT2D eigenvalue weighted by atomic mass is 35.5. The van der Waals surface area contributed by atoms with Crippen LogP contribution in [0.3, 0.4) is 0 Å². The van der Waals surface area contributed by atoms with Crippen molar-refractivity contribution in [1.82, 2.24) is 14.9 Å². The predicted molar refractivity (Wildman–Crippen MR) is 135 cm³/mol. The Morgan fingerprint density at radius 3 is 2.44 bits per heavy atom. The van der Waals surface area contributed by atoms with Crippen molar-refractivity contribution < 1.29 is 0 Å². The molecule has 0 radical (unpaired) electrons. The lowest BCUT2D eigenvalue weighted by Gasteiger charge is -2.29. The molecule has 1 aliphatic rings. The third-order valence-corrected chi connectivity index (χ3v) is 6.30.